The van der Waals surface area contributed by atoms with Crippen molar-refractivity contribution in [2.24, 2.45) is 0 Å². The average Bonchev–Trinajstić information content (AvgIpc) is 3.44. The Balaban J connectivity index is 1.57. The smallest absolute Gasteiger partial charge is 0.237 e. The van der Waals surface area contributed by atoms with E-state index in [4.69, 9.17) is 14.5 Å². The molecule has 164 valence electrons. The minimum Gasteiger partial charge on any atom is -0.480 e. The van der Waals surface area contributed by atoms with E-state index in [1.807, 2.05) is 32.0 Å². The Labute approximate surface area is 187 Å². The van der Waals surface area contributed by atoms with Gasteiger partial charge in [0.15, 0.2) is 5.82 Å². The number of anilines is 2. The van der Waals surface area contributed by atoms with Crippen LogP contribution in [0.3, 0.4) is 0 Å². The summed E-state index contributed by atoms with van der Waals surface area (Å²) in [7, 11) is 1.65. The Kier molecular flexibility index (Phi) is 5.06. The van der Waals surface area contributed by atoms with Gasteiger partial charge in [-0.2, -0.15) is 10.4 Å². The van der Waals surface area contributed by atoms with E-state index >= 15 is 0 Å². The third-order valence-corrected chi connectivity index (χ3v) is 6.59. The number of nitrogens with one attached hydrogen (secondary N) is 1. The number of aromatic nitrogens is 3. The highest BCUT2D eigenvalue weighted by Crippen LogP contribution is 2.40. The van der Waals surface area contributed by atoms with Gasteiger partial charge in [0, 0.05) is 11.9 Å². The van der Waals surface area contributed by atoms with Crippen molar-refractivity contribution >= 4 is 22.4 Å². The number of hydrogen-bond donors (Lipinski definition) is 1. The van der Waals surface area contributed by atoms with Gasteiger partial charge in [0.1, 0.15) is 11.2 Å². The summed E-state index contributed by atoms with van der Waals surface area (Å²) < 4.78 is 11.4. The summed E-state index contributed by atoms with van der Waals surface area (Å²) in [6.45, 7) is 7.51. The van der Waals surface area contributed by atoms with Crippen molar-refractivity contribution < 1.29 is 9.47 Å². The van der Waals surface area contributed by atoms with Crippen molar-refractivity contribution in [3.63, 3.8) is 0 Å². The molecule has 2 aliphatic heterocycles. The summed E-state index contributed by atoms with van der Waals surface area (Å²) in [5.41, 5.74) is 5.16. The lowest BCUT2D eigenvalue weighted by Gasteiger charge is -2.30. The molecule has 2 fully saturated rings. The second-order valence-corrected chi connectivity index (χ2v) is 8.54. The molecule has 2 aromatic heterocycles. The third kappa shape index (κ3) is 3.30. The van der Waals surface area contributed by atoms with Crippen LogP contribution in [0, 0.1) is 25.2 Å². The molecule has 0 spiro atoms. The minimum atomic E-state index is -0.0646. The molecule has 2 aliphatic rings. The van der Waals surface area contributed by atoms with Crippen molar-refractivity contribution in [3.8, 4) is 11.9 Å². The quantitative estimate of drug-likeness (QED) is 0.655. The van der Waals surface area contributed by atoms with Gasteiger partial charge in [-0.3, -0.25) is 0 Å². The molecule has 0 radical (unpaired) electrons. The number of aryl methyl sites for hydroxylation is 1. The largest absolute Gasteiger partial charge is 0.480 e. The maximum Gasteiger partial charge on any atom is 0.237 e. The fraction of sp³-hybridized carbons (Fsp3) is 0.417. The van der Waals surface area contributed by atoms with E-state index in [-0.39, 0.29) is 12.1 Å². The lowest BCUT2D eigenvalue weighted by molar-refractivity contribution is 0.0989. The van der Waals surface area contributed by atoms with Gasteiger partial charge >= 0.3 is 0 Å². The second-order valence-electron chi connectivity index (χ2n) is 8.54. The normalized spacial score (nSPS) is 20.4. The zero-order chi connectivity index (χ0) is 22.4. The van der Waals surface area contributed by atoms with Gasteiger partial charge in [-0.15, -0.1) is 5.10 Å². The first-order valence-electron chi connectivity index (χ1n) is 10.9. The Morgan fingerprint density at radius 2 is 2.16 bits per heavy atom. The molecule has 1 N–H and O–H groups in total. The molecule has 1 aromatic carbocycles. The van der Waals surface area contributed by atoms with Crippen molar-refractivity contribution in [3.05, 3.63) is 46.6 Å². The zero-order valence-electron chi connectivity index (χ0n) is 18.7. The van der Waals surface area contributed by atoms with Crippen LogP contribution in [0.1, 0.15) is 41.8 Å². The molecule has 0 aliphatic carbocycles. The van der Waals surface area contributed by atoms with E-state index in [2.05, 4.69) is 39.5 Å². The van der Waals surface area contributed by atoms with Gasteiger partial charge in [0.2, 0.25) is 5.88 Å². The van der Waals surface area contributed by atoms with Crippen molar-refractivity contribution in [1.29, 1.82) is 5.26 Å². The van der Waals surface area contributed by atoms with Gasteiger partial charge in [-0.1, -0.05) is 12.1 Å². The Morgan fingerprint density at radius 3 is 2.84 bits per heavy atom. The fourth-order valence-corrected chi connectivity index (χ4v) is 4.85. The van der Waals surface area contributed by atoms with Gasteiger partial charge in [-0.05, 0) is 50.5 Å². The zero-order valence-corrected chi connectivity index (χ0v) is 18.7. The predicted molar refractivity (Wildman–Crippen MR) is 122 cm³/mol. The van der Waals surface area contributed by atoms with E-state index in [1.54, 1.807) is 7.11 Å². The van der Waals surface area contributed by atoms with Crippen LogP contribution in [0.4, 0.5) is 11.5 Å². The van der Waals surface area contributed by atoms with Gasteiger partial charge < -0.3 is 19.7 Å². The van der Waals surface area contributed by atoms with E-state index in [0.717, 1.165) is 53.0 Å². The fourth-order valence-electron chi connectivity index (χ4n) is 4.85. The standard InChI is InChI=1S/C24H26N6O2/c1-13-16(10-25)6-5-7-19(13)14(2)26-23-20-9-21(30-11-18-8-17(30)12-32-18)24(31-4)27-22(20)15(3)28-29-23/h5-7,9,14,17-18H,8,11-12H2,1-4H3,(H,26,29)/t14-,17?,18?/m1/s1. The molecule has 3 aromatic rings. The highest BCUT2D eigenvalue weighted by atomic mass is 16.5. The molecule has 2 unspecified atom stereocenters. The van der Waals surface area contributed by atoms with Crippen molar-refractivity contribution in [2.45, 2.75) is 45.4 Å². The summed E-state index contributed by atoms with van der Waals surface area (Å²) in [5.74, 6) is 1.26. The second kappa shape index (κ2) is 7.92. The Bertz CT molecular complexity index is 1240. The van der Waals surface area contributed by atoms with Crippen LogP contribution in [0.15, 0.2) is 24.3 Å². The van der Waals surface area contributed by atoms with Crippen LogP contribution in [0.2, 0.25) is 0 Å². The van der Waals surface area contributed by atoms with Gasteiger partial charge in [0.25, 0.3) is 0 Å². The molecule has 2 bridgehead atoms. The van der Waals surface area contributed by atoms with E-state index < -0.39 is 0 Å². The molecule has 5 rings (SSSR count). The molecule has 8 heteroatoms. The number of ether oxygens (including phenoxy) is 2. The summed E-state index contributed by atoms with van der Waals surface area (Å²) in [5, 5.41) is 22.6. The number of rotatable bonds is 5. The monoisotopic (exact) mass is 430 g/mol. The van der Waals surface area contributed by atoms with Crippen LogP contribution in [-0.2, 0) is 4.74 Å². The van der Waals surface area contributed by atoms with Crippen LogP contribution >= 0.6 is 0 Å². The molecule has 0 amide bonds. The average molecular weight is 431 g/mol. The number of fused-ring (bicyclic) bond motifs is 3. The number of benzene rings is 1. The van der Waals surface area contributed by atoms with Crippen LogP contribution < -0.4 is 15.0 Å². The maximum atomic E-state index is 9.39. The maximum absolute atomic E-state index is 9.39. The highest BCUT2D eigenvalue weighted by Gasteiger charge is 2.40. The number of nitriles is 1. The first kappa shape index (κ1) is 20.5. The number of hydrogen-bond acceptors (Lipinski definition) is 8. The van der Waals surface area contributed by atoms with E-state index in [9.17, 15) is 5.26 Å². The van der Waals surface area contributed by atoms with Crippen LogP contribution in [0.25, 0.3) is 10.9 Å². The molecular weight excluding hydrogens is 404 g/mol. The lowest BCUT2D eigenvalue weighted by Crippen LogP contribution is -2.37. The predicted octanol–water partition coefficient (Wildman–Crippen LogP) is 3.67. The van der Waals surface area contributed by atoms with Gasteiger partial charge in [0.05, 0.1) is 49.2 Å². The summed E-state index contributed by atoms with van der Waals surface area (Å²) >= 11 is 0. The summed E-state index contributed by atoms with van der Waals surface area (Å²) in [6.07, 6.45) is 1.30. The molecule has 32 heavy (non-hydrogen) atoms. The van der Waals surface area contributed by atoms with Crippen molar-refractivity contribution in [1.82, 2.24) is 15.2 Å². The number of pyridine rings is 1. The topological polar surface area (TPSA) is 96.2 Å². The lowest BCUT2D eigenvalue weighted by atomic mass is 9.98. The molecule has 3 atom stereocenters. The minimum absolute atomic E-state index is 0.0646. The van der Waals surface area contributed by atoms with Crippen molar-refractivity contribution in [2.75, 3.05) is 30.5 Å². The molecular formula is C24H26N6O2. The van der Waals surface area contributed by atoms with E-state index in [1.165, 1.54) is 0 Å². The van der Waals surface area contributed by atoms with E-state index in [0.29, 0.717) is 23.3 Å². The molecule has 8 nitrogen and oxygen atoms in total. The molecule has 0 saturated carbocycles. The SMILES string of the molecule is COc1nc2c(C)nnc(N[C@H](C)c3cccc(C#N)c3C)c2cc1N1CC2CC1CO2. The summed E-state index contributed by atoms with van der Waals surface area (Å²) in [4.78, 5) is 7.15. The number of morpholine rings is 1. The first-order valence-corrected chi connectivity index (χ1v) is 10.9. The first-order chi connectivity index (χ1) is 15.5. The summed E-state index contributed by atoms with van der Waals surface area (Å²) in [6, 6.07) is 10.4. The Hall–Kier alpha value is -3.44. The number of methoxy groups -OCH3 is 1. The third-order valence-electron chi connectivity index (χ3n) is 6.59. The number of nitrogens with zero attached hydrogens (tertiary/aromatic N) is 5. The Morgan fingerprint density at radius 1 is 1.31 bits per heavy atom. The van der Waals surface area contributed by atoms with Crippen LogP contribution in [0.5, 0.6) is 5.88 Å². The highest BCUT2D eigenvalue weighted by molar-refractivity contribution is 5.94. The molecule has 4 heterocycles. The van der Waals surface area contributed by atoms with Gasteiger partial charge in [-0.25, -0.2) is 4.98 Å². The van der Waals surface area contributed by atoms with Crippen LogP contribution in [-0.4, -0.2) is 47.6 Å². The molecule has 2 saturated heterocycles.